The van der Waals surface area contributed by atoms with E-state index >= 15 is 0 Å². The Labute approximate surface area is 91.7 Å². The van der Waals surface area contributed by atoms with Crippen LogP contribution in [0.1, 0.15) is 11.1 Å². The standard InChI is InChI=1S/C8H10O5S2/c9-8-6(4-14(10)11)2-1-3-7(8)5-15(12)13/h1-3,9H,4-5H2,(H,10,11)(H,12,13)/p-2. The molecular formula is C8H8O5S2-2. The number of rotatable bonds is 4. The van der Waals surface area contributed by atoms with E-state index in [4.69, 9.17) is 0 Å². The Balaban J connectivity index is 2.99. The van der Waals surface area contributed by atoms with Gasteiger partial charge in [-0.15, -0.1) is 0 Å². The molecule has 0 radical (unpaired) electrons. The normalized spacial score (nSPS) is 14.8. The maximum Gasteiger partial charge on any atom is 0.123 e. The van der Waals surface area contributed by atoms with Crippen molar-refractivity contribution in [1.82, 2.24) is 0 Å². The molecule has 0 aliphatic carbocycles. The Kier molecular flexibility index (Phi) is 4.40. The molecule has 0 fully saturated rings. The van der Waals surface area contributed by atoms with Crippen LogP contribution in [0.2, 0.25) is 0 Å². The Morgan fingerprint density at radius 2 is 1.47 bits per heavy atom. The molecule has 0 aliphatic rings. The summed E-state index contributed by atoms with van der Waals surface area (Å²) < 4.78 is 41.7. The molecule has 5 nitrogen and oxygen atoms in total. The minimum Gasteiger partial charge on any atom is -0.772 e. The van der Waals surface area contributed by atoms with Gasteiger partial charge in [-0.2, -0.15) is 0 Å². The fourth-order valence-corrected chi connectivity index (χ4v) is 2.11. The maximum absolute atomic E-state index is 10.4. The monoisotopic (exact) mass is 248 g/mol. The van der Waals surface area contributed by atoms with E-state index < -0.39 is 22.2 Å². The Morgan fingerprint density at radius 3 is 1.80 bits per heavy atom. The van der Waals surface area contributed by atoms with Crippen molar-refractivity contribution in [2.45, 2.75) is 11.5 Å². The average molecular weight is 248 g/mol. The lowest BCUT2D eigenvalue weighted by Gasteiger charge is -2.12. The molecule has 2 unspecified atom stereocenters. The second kappa shape index (κ2) is 5.36. The molecule has 84 valence electrons. The van der Waals surface area contributed by atoms with Crippen LogP contribution in [0.4, 0.5) is 0 Å². The first-order valence-electron chi connectivity index (χ1n) is 3.92. The molecule has 0 bridgehead atoms. The van der Waals surface area contributed by atoms with Gasteiger partial charge in [-0.1, -0.05) is 40.4 Å². The predicted molar refractivity (Wildman–Crippen MR) is 53.4 cm³/mol. The summed E-state index contributed by atoms with van der Waals surface area (Å²) in [4.78, 5) is 0. The van der Waals surface area contributed by atoms with E-state index in [0.29, 0.717) is 0 Å². The number of hydrogen-bond donors (Lipinski definition) is 1. The van der Waals surface area contributed by atoms with Gasteiger partial charge in [-0.25, -0.2) is 0 Å². The van der Waals surface area contributed by atoms with Crippen LogP contribution in [0.5, 0.6) is 5.75 Å². The van der Waals surface area contributed by atoms with Gasteiger partial charge >= 0.3 is 0 Å². The molecule has 0 aromatic heterocycles. The molecule has 0 spiro atoms. The zero-order chi connectivity index (χ0) is 11.4. The maximum atomic E-state index is 10.4. The molecule has 0 aliphatic heterocycles. The first kappa shape index (κ1) is 12.3. The topological polar surface area (TPSA) is 100 Å². The zero-order valence-corrected chi connectivity index (χ0v) is 9.18. The zero-order valence-electron chi connectivity index (χ0n) is 7.54. The molecule has 0 amide bonds. The third-order valence-corrected chi connectivity index (χ3v) is 2.84. The Bertz CT molecular complexity index is 370. The van der Waals surface area contributed by atoms with Crippen LogP contribution in [0.25, 0.3) is 0 Å². The largest absolute Gasteiger partial charge is 0.772 e. The van der Waals surface area contributed by atoms with E-state index in [-0.39, 0.29) is 28.4 Å². The molecule has 1 aromatic rings. The summed E-state index contributed by atoms with van der Waals surface area (Å²) in [6.07, 6.45) is 0. The smallest absolute Gasteiger partial charge is 0.123 e. The van der Waals surface area contributed by atoms with Crippen LogP contribution < -0.4 is 0 Å². The predicted octanol–water partition coefficient (Wildman–Crippen LogP) is 0.150. The van der Waals surface area contributed by atoms with Gasteiger partial charge in [-0.3, -0.25) is 8.42 Å². The van der Waals surface area contributed by atoms with Gasteiger partial charge < -0.3 is 14.2 Å². The number of phenolic OH excluding ortho intramolecular Hbond substituents is 1. The highest BCUT2D eigenvalue weighted by Crippen LogP contribution is 2.24. The molecule has 2 atom stereocenters. The second-order valence-corrected chi connectivity index (χ2v) is 4.61. The van der Waals surface area contributed by atoms with Crippen LogP contribution in [-0.2, 0) is 33.7 Å². The summed E-state index contributed by atoms with van der Waals surface area (Å²) in [5.41, 5.74) is 0.401. The molecule has 0 heterocycles. The first-order valence-corrected chi connectivity index (χ1v) is 6.41. The van der Waals surface area contributed by atoms with Crippen molar-refractivity contribution in [3.05, 3.63) is 29.3 Å². The molecular weight excluding hydrogens is 240 g/mol. The van der Waals surface area contributed by atoms with Gasteiger partial charge in [0.2, 0.25) is 0 Å². The summed E-state index contributed by atoms with van der Waals surface area (Å²) in [5.74, 6) is -0.929. The minimum absolute atomic E-state index is 0.200. The summed E-state index contributed by atoms with van der Waals surface area (Å²) in [5, 5.41) is 9.54. The summed E-state index contributed by atoms with van der Waals surface area (Å²) in [7, 11) is 0. The van der Waals surface area contributed by atoms with E-state index in [1.165, 1.54) is 18.2 Å². The van der Waals surface area contributed by atoms with Crippen molar-refractivity contribution >= 4 is 22.2 Å². The lowest BCUT2D eigenvalue weighted by Crippen LogP contribution is -1.98. The number of hydrogen-bond acceptors (Lipinski definition) is 5. The van der Waals surface area contributed by atoms with Gasteiger partial charge in [-0.05, 0) is 0 Å². The second-order valence-electron chi connectivity index (χ2n) is 2.82. The molecule has 1 rings (SSSR count). The van der Waals surface area contributed by atoms with Crippen molar-refractivity contribution in [3.8, 4) is 5.75 Å². The van der Waals surface area contributed by atoms with Crippen molar-refractivity contribution < 1.29 is 22.6 Å². The number of phenols is 1. The summed E-state index contributed by atoms with van der Waals surface area (Å²) in [6, 6.07) is 4.37. The quantitative estimate of drug-likeness (QED) is 0.764. The van der Waals surface area contributed by atoms with Crippen molar-refractivity contribution in [1.29, 1.82) is 0 Å². The molecule has 1 N–H and O–H groups in total. The molecule has 0 saturated carbocycles. The highest BCUT2D eigenvalue weighted by atomic mass is 32.2. The van der Waals surface area contributed by atoms with E-state index in [2.05, 4.69) is 0 Å². The molecule has 15 heavy (non-hydrogen) atoms. The third kappa shape index (κ3) is 3.71. The molecule has 7 heteroatoms. The van der Waals surface area contributed by atoms with Crippen molar-refractivity contribution in [3.63, 3.8) is 0 Å². The number of para-hydroxylation sites is 1. The third-order valence-electron chi connectivity index (χ3n) is 1.75. The fraction of sp³-hybridized carbons (Fsp3) is 0.250. The Morgan fingerprint density at radius 1 is 1.07 bits per heavy atom. The number of aromatic hydroxyl groups is 1. The van der Waals surface area contributed by atoms with Gasteiger partial charge in [0.15, 0.2) is 0 Å². The fourth-order valence-electron chi connectivity index (χ4n) is 1.13. The highest BCUT2D eigenvalue weighted by Gasteiger charge is 2.06. The van der Waals surface area contributed by atoms with Crippen LogP contribution in [0, 0.1) is 0 Å². The first-order chi connectivity index (χ1) is 7.00. The van der Waals surface area contributed by atoms with Crippen molar-refractivity contribution in [2.75, 3.05) is 0 Å². The lowest BCUT2D eigenvalue weighted by atomic mass is 10.1. The summed E-state index contributed by atoms with van der Waals surface area (Å²) >= 11 is -4.62. The van der Waals surface area contributed by atoms with Crippen LogP contribution in [0.15, 0.2) is 18.2 Å². The van der Waals surface area contributed by atoms with E-state index in [9.17, 15) is 22.6 Å². The van der Waals surface area contributed by atoms with Crippen LogP contribution >= 0.6 is 0 Å². The molecule has 0 saturated heterocycles. The van der Waals surface area contributed by atoms with Gasteiger partial charge in [0.1, 0.15) is 5.75 Å². The van der Waals surface area contributed by atoms with Crippen LogP contribution in [0.3, 0.4) is 0 Å². The van der Waals surface area contributed by atoms with E-state index in [0.717, 1.165) is 0 Å². The van der Waals surface area contributed by atoms with E-state index in [1.54, 1.807) is 0 Å². The minimum atomic E-state index is -2.31. The molecule has 1 aromatic carbocycles. The SMILES string of the molecule is O=S([O-])Cc1cccc(CS(=O)[O-])c1O. The number of benzene rings is 1. The highest BCUT2D eigenvalue weighted by molar-refractivity contribution is 7.78. The van der Waals surface area contributed by atoms with Crippen LogP contribution in [-0.4, -0.2) is 22.6 Å². The summed E-state index contributed by atoms with van der Waals surface area (Å²) in [6.45, 7) is 0. The lowest BCUT2D eigenvalue weighted by molar-refractivity contribution is 0.462. The average Bonchev–Trinajstić information content (AvgIpc) is 2.10. The van der Waals surface area contributed by atoms with E-state index in [1.807, 2.05) is 0 Å². The van der Waals surface area contributed by atoms with Crippen molar-refractivity contribution in [2.24, 2.45) is 0 Å². The van der Waals surface area contributed by atoms with Gasteiger partial charge in [0.25, 0.3) is 0 Å². The Hall–Kier alpha value is -0.760. The van der Waals surface area contributed by atoms with Gasteiger partial charge in [0, 0.05) is 22.6 Å². The van der Waals surface area contributed by atoms with Gasteiger partial charge in [0.05, 0.1) is 0 Å².